The molecule has 0 bridgehead atoms. The van der Waals surface area contributed by atoms with E-state index in [4.69, 9.17) is 4.42 Å². The molecule has 3 heterocycles. The van der Waals surface area contributed by atoms with E-state index in [1.54, 1.807) is 0 Å². The second-order valence-corrected chi connectivity index (χ2v) is 6.51. The van der Waals surface area contributed by atoms with Crippen molar-refractivity contribution in [1.82, 2.24) is 14.8 Å². The maximum atomic E-state index is 11.8. The topological polar surface area (TPSA) is 49.6 Å². The monoisotopic (exact) mass is 291 g/mol. The van der Waals surface area contributed by atoms with E-state index in [0.717, 1.165) is 63.5 Å². The zero-order valence-corrected chi connectivity index (χ0v) is 13.0. The summed E-state index contributed by atoms with van der Waals surface area (Å²) < 4.78 is 5.77. The second-order valence-electron chi connectivity index (χ2n) is 6.51. The molecule has 0 spiro atoms. The van der Waals surface area contributed by atoms with Gasteiger partial charge in [-0.3, -0.25) is 9.69 Å². The highest BCUT2D eigenvalue weighted by molar-refractivity contribution is 5.78. The maximum Gasteiger partial charge on any atom is 0.222 e. The highest BCUT2D eigenvalue weighted by Gasteiger charge is 2.30. The van der Waals surface area contributed by atoms with E-state index in [1.807, 2.05) is 6.20 Å². The van der Waals surface area contributed by atoms with E-state index >= 15 is 0 Å². The third-order valence-electron chi connectivity index (χ3n) is 4.61. The van der Waals surface area contributed by atoms with Crippen molar-refractivity contribution < 1.29 is 9.21 Å². The third kappa shape index (κ3) is 3.28. The Labute approximate surface area is 126 Å². The predicted octanol–water partition coefficient (Wildman–Crippen LogP) is 2.38. The molecular formula is C16H25N3O2. The minimum atomic E-state index is 0.350. The second kappa shape index (κ2) is 6.18. The van der Waals surface area contributed by atoms with E-state index in [0.29, 0.717) is 17.9 Å². The number of aromatic nitrogens is 1. The Hall–Kier alpha value is -1.36. The molecule has 5 nitrogen and oxygen atoms in total. The molecule has 21 heavy (non-hydrogen) atoms. The molecule has 1 aromatic rings. The van der Waals surface area contributed by atoms with Crippen molar-refractivity contribution in [1.29, 1.82) is 0 Å². The SMILES string of the molecule is CC(C)c1cnc(CN2CCC(N3CCCC3=O)CC2)o1. The summed E-state index contributed by atoms with van der Waals surface area (Å²) in [7, 11) is 0. The lowest BCUT2D eigenvalue weighted by molar-refractivity contribution is -0.130. The van der Waals surface area contributed by atoms with Crippen molar-refractivity contribution in [2.45, 2.75) is 58.0 Å². The minimum absolute atomic E-state index is 0.350. The van der Waals surface area contributed by atoms with E-state index < -0.39 is 0 Å². The Morgan fingerprint density at radius 1 is 1.33 bits per heavy atom. The lowest BCUT2D eigenvalue weighted by Gasteiger charge is -2.36. The van der Waals surface area contributed by atoms with Crippen LogP contribution in [0.2, 0.25) is 0 Å². The first kappa shape index (κ1) is 14.6. The van der Waals surface area contributed by atoms with Crippen LogP contribution in [0, 0.1) is 0 Å². The Bertz CT molecular complexity index is 489. The summed E-state index contributed by atoms with van der Waals surface area (Å²) in [4.78, 5) is 20.6. The minimum Gasteiger partial charge on any atom is -0.444 e. The van der Waals surface area contributed by atoms with Crippen molar-refractivity contribution in [3.05, 3.63) is 17.8 Å². The van der Waals surface area contributed by atoms with E-state index in [1.165, 1.54) is 0 Å². The van der Waals surface area contributed by atoms with Gasteiger partial charge in [0.25, 0.3) is 0 Å². The highest BCUT2D eigenvalue weighted by Crippen LogP contribution is 2.23. The fraction of sp³-hybridized carbons (Fsp3) is 0.750. The average molecular weight is 291 g/mol. The molecule has 5 heteroatoms. The van der Waals surface area contributed by atoms with Crippen molar-refractivity contribution >= 4 is 5.91 Å². The first-order valence-electron chi connectivity index (χ1n) is 8.10. The number of oxazole rings is 1. The van der Waals surface area contributed by atoms with Crippen LogP contribution in [0.5, 0.6) is 0 Å². The van der Waals surface area contributed by atoms with Crippen LogP contribution < -0.4 is 0 Å². The van der Waals surface area contributed by atoms with Gasteiger partial charge in [-0.2, -0.15) is 0 Å². The van der Waals surface area contributed by atoms with Gasteiger partial charge in [-0.25, -0.2) is 4.98 Å². The summed E-state index contributed by atoms with van der Waals surface area (Å²) in [6.45, 7) is 8.02. The largest absolute Gasteiger partial charge is 0.444 e. The lowest BCUT2D eigenvalue weighted by atomic mass is 10.0. The highest BCUT2D eigenvalue weighted by atomic mass is 16.4. The number of amides is 1. The number of carbonyl (C=O) groups is 1. The molecule has 0 N–H and O–H groups in total. The summed E-state index contributed by atoms with van der Waals surface area (Å²) >= 11 is 0. The standard InChI is InChI=1S/C16H25N3O2/c1-12(2)14-10-17-15(21-14)11-18-8-5-13(6-9-18)19-7-3-4-16(19)20/h10,12-13H,3-9,11H2,1-2H3. The van der Waals surface area contributed by atoms with E-state index in [-0.39, 0.29) is 0 Å². The number of piperidine rings is 1. The van der Waals surface area contributed by atoms with Gasteiger partial charge in [0.2, 0.25) is 11.8 Å². The first-order valence-corrected chi connectivity index (χ1v) is 8.10. The molecule has 2 aliphatic rings. The Morgan fingerprint density at radius 2 is 2.10 bits per heavy atom. The van der Waals surface area contributed by atoms with Gasteiger partial charge in [-0.05, 0) is 19.3 Å². The van der Waals surface area contributed by atoms with Gasteiger partial charge in [0.05, 0.1) is 12.7 Å². The number of hydrogen-bond acceptors (Lipinski definition) is 4. The zero-order chi connectivity index (χ0) is 14.8. The van der Waals surface area contributed by atoms with Crippen LogP contribution >= 0.6 is 0 Å². The molecule has 0 radical (unpaired) electrons. The molecule has 0 unspecified atom stereocenters. The van der Waals surface area contributed by atoms with Gasteiger partial charge in [0.1, 0.15) is 5.76 Å². The third-order valence-corrected chi connectivity index (χ3v) is 4.61. The Kier molecular flexibility index (Phi) is 4.29. The normalized spacial score (nSPS) is 21.7. The van der Waals surface area contributed by atoms with Crippen molar-refractivity contribution in [3.63, 3.8) is 0 Å². The summed E-state index contributed by atoms with van der Waals surface area (Å²) in [5.41, 5.74) is 0. The Morgan fingerprint density at radius 3 is 2.67 bits per heavy atom. The van der Waals surface area contributed by atoms with Crippen molar-refractivity contribution in [3.8, 4) is 0 Å². The summed E-state index contributed by atoms with van der Waals surface area (Å²) in [6, 6.07) is 0.451. The predicted molar refractivity (Wildman–Crippen MR) is 79.8 cm³/mol. The number of likely N-dealkylation sites (tertiary alicyclic amines) is 2. The van der Waals surface area contributed by atoms with Gasteiger partial charge in [-0.15, -0.1) is 0 Å². The fourth-order valence-electron chi connectivity index (χ4n) is 3.30. The lowest BCUT2D eigenvalue weighted by Crippen LogP contribution is -2.45. The van der Waals surface area contributed by atoms with E-state index in [9.17, 15) is 4.79 Å². The van der Waals surface area contributed by atoms with Crippen molar-refractivity contribution in [2.24, 2.45) is 0 Å². The average Bonchev–Trinajstić information content (AvgIpc) is 3.09. The smallest absolute Gasteiger partial charge is 0.222 e. The number of hydrogen-bond donors (Lipinski definition) is 0. The molecule has 116 valence electrons. The zero-order valence-electron chi connectivity index (χ0n) is 13.0. The molecule has 2 fully saturated rings. The number of rotatable bonds is 4. The van der Waals surface area contributed by atoms with Crippen LogP contribution in [0.4, 0.5) is 0 Å². The van der Waals surface area contributed by atoms with Gasteiger partial charge >= 0.3 is 0 Å². The van der Waals surface area contributed by atoms with Crippen LogP contribution in [0.1, 0.15) is 57.1 Å². The number of carbonyl (C=O) groups excluding carboxylic acids is 1. The van der Waals surface area contributed by atoms with Crippen LogP contribution in [0.25, 0.3) is 0 Å². The van der Waals surface area contributed by atoms with E-state index in [2.05, 4.69) is 28.6 Å². The van der Waals surface area contributed by atoms with Crippen LogP contribution in [-0.4, -0.2) is 46.4 Å². The molecular weight excluding hydrogens is 266 g/mol. The summed E-state index contributed by atoms with van der Waals surface area (Å²) in [5, 5.41) is 0. The van der Waals surface area contributed by atoms with Gasteiger partial charge < -0.3 is 9.32 Å². The Balaban J connectivity index is 1.50. The molecule has 0 saturated carbocycles. The molecule has 2 saturated heterocycles. The molecule has 1 aromatic heterocycles. The molecule has 0 aliphatic carbocycles. The van der Waals surface area contributed by atoms with Gasteiger partial charge in [0, 0.05) is 38.0 Å². The summed E-state index contributed by atoms with van der Waals surface area (Å²) in [6.07, 6.45) is 5.77. The summed E-state index contributed by atoms with van der Waals surface area (Å²) in [5.74, 6) is 2.51. The molecule has 2 aliphatic heterocycles. The quantitative estimate of drug-likeness (QED) is 0.854. The number of nitrogens with zero attached hydrogens (tertiary/aromatic N) is 3. The fourth-order valence-corrected chi connectivity index (χ4v) is 3.30. The van der Waals surface area contributed by atoms with Crippen LogP contribution in [0.3, 0.4) is 0 Å². The van der Waals surface area contributed by atoms with Crippen LogP contribution in [0.15, 0.2) is 10.6 Å². The van der Waals surface area contributed by atoms with Crippen molar-refractivity contribution in [2.75, 3.05) is 19.6 Å². The van der Waals surface area contributed by atoms with Crippen LogP contribution in [-0.2, 0) is 11.3 Å². The molecule has 0 atom stereocenters. The first-order chi connectivity index (χ1) is 10.1. The van der Waals surface area contributed by atoms with Gasteiger partial charge in [0.15, 0.2) is 0 Å². The molecule has 3 rings (SSSR count). The molecule has 1 amide bonds. The van der Waals surface area contributed by atoms with Gasteiger partial charge in [-0.1, -0.05) is 13.8 Å². The molecule has 0 aromatic carbocycles. The maximum absolute atomic E-state index is 11.8.